The Labute approximate surface area is 135 Å². The minimum absolute atomic E-state index is 0.0243. The molecule has 0 aliphatic rings. The van der Waals surface area contributed by atoms with Crippen LogP contribution in [0.1, 0.15) is 31.3 Å². The quantitative estimate of drug-likeness (QED) is 0.884. The van der Waals surface area contributed by atoms with Crippen LogP contribution in [-0.4, -0.2) is 27.9 Å². The van der Waals surface area contributed by atoms with Crippen molar-refractivity contribution in [2.45, 2.75) is 26.4 Å². The molecule has 1 aromatic carbocycles. The van der Waals surface area contributed by atoms with Crippen molar-refractivity contribution in [2.75, 3.05) is 5.32 Å². The number of carbonyl (C=O) groups excluding carboxylic acids is 1. The standard InChI is InChI=1S/C15H14F2N2O5/c1-15(2,3)23-14(22)18-10-5-7(4-8(16)12(10)17)9-6-11(13(20)21)24-19-9/h4-6H,1-3H3,(H,18,22)(H,20,21). The van der Waals surface area contributed by atoms with Gasteiger partial charge in [0.05, 0.1) is 5.69 Å². The number of hydrogen-bond donors (Lipinski definition) is 2. The van der Waals surface area contributed by atoms with Crippen LogP contribution in [0.4, 0.5) is 19.3 Å². The number of carbonyl (C=O) groups is 2. The molecule has 2 rings (SSSR count). The fourth-order valence-corrected chi connectivity index (χ4v) is 1.75. The average molecular weight is 340 g/mol. The predicted octanol–water partition coefficient (Wildman–Crippen LogP) is 3.67. The van der Waals surface area contributed by atoms with Gasteiger partial charge in [0, 0.05) is 11.6 Å². The molecular formula is C15H14F2N2O5. The van der Waals surface area contributed by atoms with Crippen LogP contribution in [0.3, 0.4) is 0 Å². The summed E-state index contributed by atoms with van der Waals surface area (Å²) in [6.07, 6.45) is -0.968. The fraction of sp³-hybridized carbons (Fsp3) is 0.267. The molecule has 1 aromatic heterocycles. The Morgan fingerprint density at radius 2 is 1.92 bits per heavy atom. The highest BCUT2D eigenvalue weighted by Crippen LogP contribution is 2.27. The molecule has 1 heterocycles. The first-order chi connectivity index (χ1) is 11.1. The number of carboxylic acid groups (broad SMARTS) is 1. The van der Waals surface area contributed by atoms with Crippen molar-refractivity contribution < 1.29 is 32.7 Å². The van der Waals surface area contributed by atoms with E-state index in [9.17, 15) is 18.4 Å². The third-order valence-electron chi connectivity index (χ3n) is 2.68. The van der Waals surface area contributed by atoms with Gasteiger partial charge < -0.3 is 14.4 Å². The minimum atomic E-state index is -1.36. The van der Waals surface area contributed by atoms with Crippen LogP contribution in [0.2, 0.25) is 0 Å². The normalized spacial score (nSPS) is 11.2. The van der Waals surface area contributed by atoms with E-state index < -0.39 is 40.7 Å². The number of nitrogens with one attached hydrogen (secondary N) is 1. The maximum absolute atomic E-state index is 13.8. The van der Waals surface area contributed by atoms with E-state index in [2.05, 4.69) is 15.0 Å². The lowest BCUT2D eigenvalue weighted by Crippen LogP contribution is -2.27. The van der Waals surface area contributed by atoms with Gasteiger partial charge in [-0.2, -0.15) is 0 Å². The van der Waals surface area contributed by atoms with Crippen molar-refractivity contribution in [3.05, 3.63) is 35.6 Å². The molecule has 0 unspecified atom stereocenters. The summed E-state index contributed by atoms with van der Waals surface area (Å²) in [5.74, 6) is -4.36. The zero-order valence-corrected chi connectivity index (χ0v) is 13.0. The highest BCUT2D eigenvalue weighted by Gasteiger charge is 2.21. The van der Waals surface area contributed by atoms with Gasteiger partial charge in [0.2, 0.25) is 5.76 Å². The lowest BCUT2D eigenvalue weighted by atomic mass is 10.1. The summed E-state index contributed by atoms with van der Waals surface area (Å²) < 4.78 is 37.1. The molecule has 0 saturated heterocycles. The number of amides is 1. The second kappa shape index (κ2) is 6.26. The van der Waals surface area contributed by atoms with E-state index in [-0.39, 0.29) is 11.3 Å². The summed E-state index contributed by atoms with van der Waals surface area (Å²) in [6.45, 7) is 4.84. The smallest absolute Gasteiger partial charge is 0.412 e. The molecule has 0 atom stereocenters. The highest BCUT2D eigenvalue weighted by molar-refractivity contribution is 5.87. The molecule has 1 amide bonds. The van der Waals surface area contributed by atoms with Gasteiger partial charge in [-0.15, -0.1) is 0 Å². The van der Waals surface area contributed by atoms with Gasteiger partial charge in [-0.1, -0.05) is 5.16 Å². The number of aromatic carboxylic acids is 1. The van der Waals surface area contributed by atoms with Gasteiger partial charge in [0.15, 0.2) is 11.6 Å². The number of anilines is 1. The van der Waals surface area contributed by atoms with Gasteiger partial charge in [-0.25, -0.2) is 18.4 Å². The number of benzene rings is 1. The zero-order valence-electron chi connectivity index (χ0n) is 13.0. The fourth-order valence-electron chi connectivity index (χ4n) is 1.75. The molecule has 2 N–H and O–H groups in total. The summed E-state index contributed by atoms with van der Waals surface area (Å²) >= 11 is 0. The maximum atomic E-state index is 13.8. The first kappa shape index (κ1) is 17.4. The molecule has 128 valence electrons. The molecule has 0 fully saturated rings. The van der Waals surface area contributed by atoms with Gasteiger partial charge in [-0.3, -0.25) is 5.32 Å². The zero-order chi connectivity index (χ0) is 18.1. The summed E-state index contributed by atoms with van der Waals surface area (Å²) in [6, 6.07) is 2.94. The van der Waals surface area contributed by atoms with Crippen LogP contribution in [0.15, 0.2) is 22.7 Å². The van der Waals surface area contributed by atoms with Crippen molar-refractivity contribution in [2.24, 2.45) is 0 Å². The third-order valence-corrected chi connectivity index (χ3v) is 2.68. The Kier molecular flexibility index (Phi) is 4.54. The Morgan fingerprint density at radius 1 is 1.25 bits per heavy atom. The SMILES string of the molecule is CC(C)(C)OC(=O)Nc1cc(-c2cc(C(=O)O)on2)cc(F)c1F. The molecule has 0 saturated carbocycles. The van der Waals surface area contributed by atoms with Crippen LogP contribution in [0.25, 0.3) is 11.3 Å². The largest absolute Gasteiger partial charge is 0.475 e. The number of hydrogen-bond acceptors (Lipinski definition) is 5. The summed E-state index contributed by atoms with van der Waals surface area (Å²) in [7, 11) is 0. The lowest BCUT2D eigenvalue weighted by molar-refractivity contribution is 0.0630. The van der Waals surface area contributed by atoms with Crippen LogP contribution < -0.4 is 5.32 Å². The van der Waals surface area contributed by atoms with E-state index in [0.717, 1.165) is 18.2 Å². The van der Waals surface area contributed by atoms with E-state index in [4.69, 9.17) is 9.84 Å². The van der Waals surface area contributed by atoms with Crippen molar-refractivity contribution >= 4 is 17.7 Å². The summed E-state index contributed by atoms with van der Waals surface area (Å²) in [5.41, 5.74) is -1.30. The Balaban J connectivity index is 2.34. The van der Waals surface area contributed by atoms with Gasteiger partial charge >= 0.3 is 12.1 Å². The number of rotatable bonds is 3. The molecule has 7 nitrogen and oxygen atoms in total. The van der Waals surface area contributed by atoms with Gasteiger partial charge in [0.1, 0.15) is 11.3 Å². The van der Waals surface area contributed by atoms with Crippen molar-refractivity contribution in [1.82, 2.24) is 5.16 Å². The number of halogens is 2. The Hall–Kier alpha value is -2.97. The number of aromatic nitrogens is 1. The summed E-state index contributed by atoms with van der Waals surface area (Å²) in [5, 5.41) is 14.3. The molecule has 24 heavy (non-hydrogen) atoms. The number of carboxylic acids is 1. The second-order valence-electron chi connectivity index (χ2n) is 5.83. The molecule has 2 aromatic rings. The maximum Gasteiger partial charge on any atom is 0.412 e. The van der Waals surface area contributed by atoms with Gasteiger partial charge in [-0.05, 0) is 32.9 Å². The van der Waals surface area contributed by atoms with E-state index in [1.165, 1.54) is 0 Å². The van der Waals surface area contributed by atoms with E-state index in [0.29, 0.717) is 0 Å². The van der Waals surface area contributed by atoms with Crippen LogP contribution >= 0.6 is 0 Å². The molecule has 0 aliphatic carbocycles. The molecule has 0 radical (unpaired) electrons. The number of nitrogens with zero attached hydrogens (tertiary/aromatic N) is 1. The van der Waals surface area contributed by atoms with E-state index in [1.807, 2.05) is 0 Å². The van der Waals surface area contributed by atoms with Crippen molar-refractivity contribution in [3.8, 4) is 11.3 Å². The monoisotopic (exact) mass is 340 g/mol. The Bertz CT molecular complexity index is 796. The predicted molar refractivity (Wildman–Crippen MR) is 78.7 cm³/mol. The van der Waals surface area contributed by atoms with Crippen LogP contribution in [0, 0.1) is 11.6 Å². The molecule has 0 aliphatic heterocycles. The molecule has 0 bridgehead atoms. The van der Waals surface area contributed by atoms with E-state index in [1.54, 1.807) is 20.8 Å². The van der Waals surface area contributed by atoms with Crippen LogP contribution in [0.5, 0.6) is 0 Å². The second-order valence-corrected chi connectivity index (χ2v) is 5.83. The highest BCUT2D eigenvalue weighted by atomic mass is 19.2. The third kappa shape index (κ3) is 4.06. The van der Waals surface area contributed by atoms with Gasteiger partial charge in [0.25, 0.3) is 0 Å². The average Bonchev–Trinajstić information content (AvgIpc) is 2.91. The van der Waals surface area contributed by atoms with Crippen molar-refractivity contribution in [3.63, 3.8) is 0 Å². The van der Waals surface area contributed by atoms with E-state index >= 15 is 0 Å². The molecule has 0 spiro atoms. The Morgan fingerprint density at radius 3 is 2.46 bits per heavy atom. The lowest BCUT2D eigenvalue weighted by Gasteiger charge is -2.20. The topological polar surface area (TPSA) is 102 Å². The number of ether oxygens (including phenoxy) is 1. The molecular weight excluding hydrogens is 326 g/mol. The van der Waals surface area contributed by atoms with Crippen molar-refractivity contribution in [1.29, 1.82) is 0 Å². The first-order valence-corrected chi connectivity index (χ1v) is 6.76. The van der Waals surface area contributed by atoms with Crippen LogP contribution in [-0.2, 0) is 4.74 Å². The molecule has 9 heteroatoms. The minimum Gasteiger partial charge on any atom is -0.475 e. The first-order valence-electron chi connectivity index (χ1n) is 6.76. The summed E-state index contributed by atoms with van der Waals surface area (Å²) in [4.78, 5) is 22.5.